The average molecular weight is 310 g/mol. The Morgan fingerprint density at radius 2 is 2.13 bits per heavy atom. The Morgan fingerprint density at radius 1 is 1.30 bits per heavy atom. The molecule has 116 valence electrons. The van der Waals surface area contributed by atoms with E-state index in [2.05, 4.69) is 15.2 Å². The van der Waals surface area contributed by atoms with Crippen molar-refractivity contribution in [3.63, 3.8) is 0 Å². The number of hydrogen-bond acceptors (Lipinski definition) is 5. The zero-order valence-corrected chi connectivity index (χ0v) is 12.4. The average Bonchev–Trinajstić information content (AvgIpc) is 3.12. The molecule has 7 heteroatoms. The molecule has 0 saturated carbocycles. The van der Waals surface area contributed by atoms with E-state index >= 15 is 0 Å². The van der Waals surface area contributed by atoms with E-state index in [1.54, 1.807) is 0 Å². The lowest BCUT2D eigenvalue weighted by Crippen LogP contribution is -2.25. The van der Waals surface area contributed by atoms with E-state index in [4.69, 9.17) is 4.42 Å². The van der Waals surface area contributed by atoms with Crippen LogP contribution in [0.4, 0.5) is 5.69 Å². The van der Waals surface area contributed by atoms with Gasteiger partial charge in [-0.2, -0.15) is 0 Å². The van der Waals surface area contributed by atoms with Crippen molar-refractivity contribution in [2.24, 2.45) is 0 Å². The van der Waals surface area contributed by atoms with Crippen LogP contribution in [0.5, 0.6) is 0 Å². The minimum absolute atomic E-state index is 0.0264. The first-order valence-corrected chi connectivity index (χ1v) is 7.18. The number of carbonyl (C=O) groups is 1. The molecule has 0 aliphatic carbocycles. The molecule has 3 heterocycles. The van der Waals surface area contributed by atoms with Crippen LogP contribution in [0, 0.1) is 0 Å². The number of nitrogens with zero attached hydrogens (tertiary/aromatic N) is 3. The van der Waals surface area contributed by atoms with Crippen molar-refractivity contribution in [3.8, 4) is 0 Å². The van der Waals surface area contributed by atoms with Crippen LogP contribution in [-0.4, -0.2) is 27.2 Å². The minimum Gasteiger partial charge on any atom is -0.432 e. The van der Waals surface area contributed by atoms with Crippen LogP contribution in [-0.2, 0) is 13.1 Å². The Balaban J connectivity index is 1.63. The summed E-state index contributed by atoms with van der Waals surface area (Å²) in [6.45, 7) is 1.76. The SMILES string of the molecule is CN1Cc2ccc(NC(=O)c3cnc4occn4c3=O)cc2C1. The number of rotatable bonds is 2. The summed E-state index contributed by atoms with van der Waals surface area (Å²) in [5, 5.41) is 2.76. The maximum absolute atomic E-state index is 12.4. The fourth-order valence-electron chi connectivity index (χ4n) is 2.82. The molecule has 1 amide bonds. The summed E-state index contributed by atoms with van der Waals surface area (Å²) >= 11 is 0. The zero-order valence-electron chi connectivity index (χ0n) is 12.4. The first kappa shape index (κ1) is 13.7. The largest absolute Gasteiger partial charge is 0.432 e. The second-order valence-electron chi connectivity index (χ2n) is 5.64. The number of benzene rings is 1. The highest BCUT2D eigenvalue weighted by Gasteiger charge is 2.18. The first-order chi connectivity index (χ1) is 11.1. The van der Waals surface area contributed by atoms with Crippen LogP contribution < -0.4 is 10.9 Å². The fourth-order valence-corrected chi connectivity index (χ4v) is 2.82. The molecule has 0 spiro atoms. The molecule has 0 saturated heterocycles. The van der Waals surface area contributed by atoms with Crippen LogP contribution in [0.1, 0.15) is 21.5 Å². The van der Waals surface area contributed by atoms with Gasteiger partial charge in [-0.3, -0.25) is 14.5 Å². The number of hydrogen-bond donors (Lipinski definition) is 1. The molecular weight excluding hydrogens is 296 g/mol. The third-order valence-corrected chi connectivity index (χ3v) is 3.93. The molecule has 0 unspecified atom stereocenters. The molecule has 0 fully saturated rings. The van der Waals surface area contributed by atoms with Crippen LogP contribution in [0.25, 0.3) is 5.84 Å². The van der Waals surface area contributed by atoms with Gasteiger partial charge < -0.3 is 9.73 Å². The summed E-state index contributed by atoms with van der Waals surface area (Å²) < 4.78 is 6.23. The van der Waals surface area contributed by atoms with Gasteiger partial charge in [0, 0.05) is 18.8 Å². The highest BCUT2D eigenvalue weighted by atomic mass is 16.3. The molecule has 0 atom stereocenters. The number of amides is 1. The van der Waals surface area contributed by atoms with Crippen LogP contribution in [0.2, 0.25) is 0 Å². The maximum Gasteiger partial charge on any atom is 0.308 e. The Hall–Kier alpha value is -2.93. The molecule has 1 N–H and O–H groups in total. The van der Waals surface area contributed by atoms with Gasteiger partial charge in [-0.1, -0.05) is 6.07 Å². The standard InChI is InChI=1S/C16H14N4O3/c1-19-8-10-2-3-12(6-11(10)9-19)18-14(21)13-7-17-16-20(15(13)22)4-5-23-16/h2-7H,8-9H2,1H3,(H,18,21). The minimum atomic E-state index is -0.482. The van der Waals surface area contributed by atoms with Crippen molar-refractivity contribution in [1.29, 1.82) is 0 Å². The zero-order chi connectivity index (χ0) is 16.0. The van der Waals surface area contributed by atoms with Gasteiger partial charge in [-0.25, -0.2) is 9.38 Å². The quantitative estimate of drug-likeness (QED) is 0.775. The molecular formula is C16H14N4O3. The normalized spacial score (nSPS) is 14.1. The van der Waals surface area contributed by atoms with Gasteiger partial charge in [0.05, 0.1) is 12.4 Å². The van der Waals surface area contributed by atoms with Crippen LogP contribution in [0.15, 0.2) is 46.1 Å². The highest BCUT2D eigenvalue weighted by molar-refractivity contribution is 6.03. The third kappa shape index (κ3) is 2.31. The van der Waals surface area contributed by atoms with Crippen molar-refractivity contribution < 1.29 is 9.21 Å². The maximum atomic E-state index is 12.4. The molecule has 4 rings (SSSR count). The highest BCUT2D eigenvalue weighted by Crippen LogP contribution is 2.24. The lowest BCUT2D eigenvalue weighted by atomic mass is 10.1. The van der Waals surface area contributed by atoms with Crippen molar-refractivity contribution in [3.05, 3.63) is 63.9 Å². The Morgan fingerprint density at radius 3 is 3.00 bits per heavy atom. The summed E-state index contributed by atoms with van der Waals surface area (Å²) in [5.41, 5.74) is 2.63. The van der Waals surface area contributed by atoms with E-state index in [0.29, 0.717) is 5.69 Å². The number of aromatic nitrogens is 2. The van der Waals surface area contributed by atoms with E-state index in [1.807, 2.05) is 25.2 Å². The van der Waals surface area contributed by atoms with Gasteiger partial charge in [0.25, 0.3) is 11.5 Å². The summed E-state index contributed by atoms with van der Waals surface area (Å²) in [5.74, 6) is -0.323. The second-order valence-corrected chi connectivity index (χ2v) is 5.64. The van der Waals surface area contributed by atoms with Crippen LogP contribution >= 0.6 is 0 Å². The van der Waals surface area contributed by atoms with Gasteiger partial charge in [0.2, 0.25) is 0 Å². The number of fused-ring (bicyclic) bond motifs is 2. The molecule has 1 aliphatic heterocycles. The van der Waals surface area contributed by atoms with Gasteiger partial charge in [-0.15, -0.1) is 0 Å². The Bertz CT molecular complexity index is 973. The lowest BCUT2D eigenvalue weighted by molar-refractivity contribution is 0.102. The van der Waals surface area contributed by atoms with E-state index in [9.17, 15) is 9.59 Å². The molecule has 7 nitrogen and oxygen atoms in total. The van der Waals surface area contributed by atoms with E-state index in [0.717, 1.165) is 13.1 Å². The Kier molecular flexibility index (Phi) is 3.02. The monoisotopic (exact) mass is 310 g/mol. The van der Waals surface area contributed by atoms with Crippen LogP contribution in [0.3, 0.4) is 0 Å². The molecule has 1 aliphatic rings. The van der Waals surface area contributed by atoms with E-state index in [-0.39, 0.29) is 11.4 Å². The number of nitrogens with one attached hydrogen (secondary N) is 1. The summed E-state index contributed by atoms with van der Waals surface area (Å²) in [7, 11) is 2.05. The molecule has 3 aromatic rings. The topological polar surface area (TPSA) is 79.8 Å². The number of oxazole rings is 1. The van der Waals surface area contributed by atoms with Gasteiger partial charge >= 0.3 is 5.84 Å². The molecule has 2 aromatic heterocycles. The first-order valence-electron chi connectivity index (χ1n) is 7.18. The number of carbonyl (C=O) groups excluding carboxylic acids is 1. The number of anilines is 1. The summed E-state index contributed by atoms with van der Waals surface area (Å²) in [4.78, 5) is 30.8. The molecule has 23 heavy (non-hydrogen) atoms. The van der Waals surface area contributed by atoms with Crippen molar-refractivity contribution >= 4 is 17.4 Å². The van der Waals surface area contributed by atoms with Crippen molar-refractivity contribution in [2.75, 3.05) is 12.4 Å². The molecule has 1 aromatic carbocycles. The summed E-state index contributed by atoms with van der Waals surface area (Å²) in [6, 6.07) is 5.79. The summed E-state index contributed by atoms with van der Waals surface area (Å²) in [6.07, 6.45) is 4.02. The Labute approximate surface area is 131 Å². The van der Waals surface area contributed by atoms with Gasteiger partial charge in [-0.05, 0) is 30.3 Å². The van der Waals surface area contributed by atoms with E-state index in [1.165, 1.54) is 34.2 Å². The fraction of sp³-hybridized carbons (Fsp3) is 0.188. The van der Waals surface area contributed by atoms with Gasteiger partial charge in [0.15, 0.2) is 0 Å². The molecule has 0 radical (unpaired) electrons. The predicted molar refractivity (Wildman–Crippen MR) is 83.3 cm³/mol. The van der Waals surface area contributed by atoms with E-state index < -0.39 is 11.5 Å². The third-order valence-electron chi connectivity index (χ3n) is 3.93. The smallest absolute Gasteiger partial charge is 0.308 e. The molecule has 0 bridgehead atoms. The van der Waals surface area contributed by atoms with Crippen molar-refractivity contribution in [2.45, 2.75) is 13.1 Å². The second kappa shape index (κ2) is 5.06. The lowest BCUT2D eigenvalue weighted by Gasteiger charge is -2.06. The van der Waals surface area contributed by atoms with Crippen molar-refractivity contribution in [1.82, 2.24) is 14.3 Å². The predicted octanol–water partition coefficient (Wildman–Crippen LogP) is 1.49. The van der Waals surface area contributed by atoms with Gasteiger partial charge in [0.1, 0.15) is 11.8 Å².